The molecule has 9 heteroatoms. The van der Waals surface area contributed by atoms with Crippen LogP contribution in [0.5, 0.6) is 0 Å². The quantitative estimate of drug-likeness (QED) is 0.287. The fourth-order valence-electron chi connectivity index (χ4n) is 2.81. The van der Waals surface area contributed by atoms with Crippen molar-refractivity contribution in [3.63, 3.8) is 0 Å². The summed E-state index contributed by atoms with van der Waals surface area (Å²) >= 11 is 7.57. The number of benzene rings is 2. The highest BCUT2D eigenvalue weighted by Crippen LogP contribution is 2.37. The average Bonchev–Trinajstić information content (AvgIpc) is 3.11. The van der Waals surface area contributed by atoms with Gasteiger partial charge in [0.25, 0.3) is 5.69 Å². The van der Waals surface area contributed by atoms with E-state index in [9.17, 15) is 10.1 Å². The molecule has 152 valence electrons. The van der Waals surface area contributed by atoms with E-state index in [2.05, 4.69) is 22.0 Å². The fraction of sp³-hybridized carbons (Fsp3) is 0.300. The highest BCUT2D eigenvalue weighted by molar-refractivity contribution is 7.99. The third-order valence-electron chi connectivity index (χ3n) is 4.72. The van der Waals surface area contributed by atoms with Crippen molar-refractivity contribution < 1.29 is 4.92 Å². The molecule has 0 radical (unpaired) electrons. The predicted molar refractivity (Wildman–Crippen MR) is 116 cm³/mol. The molecule has 0 N–H and O–H groups in total. The van der Waals surface area contributed by atoms with Crippen molar-refractivity contribution in [1.29, 1.82) is 0 Å². The zero-order valence-corrected chi connectivity index (χ0v) is 18.2. The normalized spacial score (nSPS) is 13.4. The van der Waals surface area contributed by atoms with E-state index >= 15 is 0 Å². The number of nitro benzene ring substituents is 1. The first-order valence-electron chi connectivity index (χ1n) is 9.06. The molecule has 7 nitrogen and oxygen atoms in total. The zero-order chi connectivity index (χ0) is 21.1. The highest BCUT2D eigenvalue weighted by Gasteiger charge is 2.23. The lowest BCUT2D eigenvalue weighted by Crippen LogP contribution is -2.20. The monoisotopic (exact) mass is 431 g/mol. The van der Waals surface area contributed by atoms with Crippen molar-refractivity contribution in [2.75, 3.05) is 14.1 Å². The van der Waals surface area contributed by atoms with Crippen LogP contribution in [-0.4, -0.2) is 38.7 Å². The number of rotatable bonds is 7. The summed E-state index contributed by atoms with van der Waals surface area (Å²) in [6.07, 6.45) is 0. The number of nitro groups is 1. The lowest BCUT2D eigenvalue weighted by Gasteiger charge is -2.21. The van der Waals surface area contributed by atoms with E-state index in [1.54, 1.807) is 12.1 Å². The zero-order valence-electron chi connectivity index (χ0n) is 16.6. The third-order valence-corrected chi connectivity index (χ3v) is 6.08. The molecule has 0 amide bonds. The molecule has 0 spiro atoms. The highest BCUT2D eigenvalue weighted by atomic mass is 35.5. The Morgan fingerprint density at radius 1 is 1.14 bits per heavy atom. The van der Waals surface area contributed by atoms with Crippen molar-refractivity contribution in [3.05, 3.63) is 75.1 Å². The van der Waals surface area contributed by atoms with Crippen LogP contribution < -0.4 is 0 Å². The van der Waals surface area contributed by atoms with E-state index in [0.717, 1.165) is 22.2 Å². The van der Waals surface area contributed by atoms with Gasteiger partial charge in [-0.05, 0) is 57.8 Å². The van der Waals surface area contributed by atoms with Crippen molar-refractivity contribution >= 4 is 29.1 Å². The van der Waals surface area contributed by atoms with Gasteiger partial charge in [-0.1, -0.05) is 35.5 Å². The molecule has 1 heterocycles. The van der Waals surface area contributed by atoms with Crippen molar-refractivity contribution in [2.45, 2.75) is 30.3 Å². The van der Waals surface area contributed by atoms with Gasteiger partial charge in [0.05, 0.1) is 11.0 Å². The minimum atomic E-state index is -0.381. The third kappa shape index (κ3) is 4.77. The number of halogens is 1. The summed E-state index contributed by atoms with van der Waals surface area (Å²) in [5, 5.41) is 21.3. The van der Waals surface area contributed by atoms with Crippen LogP contribution in [0.4, 0.5) is 5.69 Å². The van der Waals surface area contributed by atoms with Crippen molar-refractivity contribution in [1.82, 2.24) is 19.7 Å². The summed E-state index contributed by atoms with van der Waals surface area (Å²) in [6.45, 7) is 4.06. The Bertz CT molecular complexity index is 1010. The van der Waals surface area contributed by atoms with Crippen LogP contribution >= 0.6 is 23.4 Å². The van der Waals surface area contributed by atoms with Crippen molar-refractivity contribution in [3.8, 4) is 5.69 Å². The van der Waals surface area contributed by atoms with Gasteiger partial charge in [0.2, 0.25) is 0 Å². The van der Waals surface area contributed by atoms with Gasteiger partial charge >= 0.3 is 0 Å². The van der Waals surface area contributed by atoms with E-state index in [1.807, 2.05) is 55.9 Å². The first-order chi connectivity index (χ1) is 13.8. The largest absolute Gasteiger partial charge is 0.300 e. The lowest BCUT2D eigenvalue weighted by atomic mass is 10.1. The summed E-state index contributed by atoms with van der Waals surface area (Å²) in [7, 11) is 3.98. The first kappa shape index (κ1) is 21.3. The van der Waals surface area contributed by atoms with Crippen LogP contribution in [0.3, 0.4) is 0 Å². The Balaban J connectivity index is 1.99. The molecule has 29 heavy (non-hydrogen) atoms. The smallest absolute Gasteiger partial charge is 0.269 e. The Morgan fingerprint density at radius 2 is 1.83 bits per heavy atom. The number of hydrogen-bond acceptors (Lipinski definition) is 6. The van der Waals surface area contributed by atoms with Gasteiger partial charge in [0, 0.05) is 28.1 Å². The molecule has 2 atom stereocenters. The molecular weight excluding hydrogens is 410 g/mol. The fourth-order valence-corrected chi connectivity index (χ4v) is 3.93. The molecule has 0 bridgehead atoms. The average molecular weight is 432 g/mol. The Labute approximate surface area is 178 Å². The maximum atomic E-state index is 11.1. The van der Waals surface area contributed by atoms with E-state index in [-0.39, 0.29) is 21.9 Å². The standard InChI is InChI=1S/C20H22ClN5O2S/c1-13(24(3)4)19-22-23-20(25(19)17-10-8-16(21)9-11-17)29-14(2)15-6-5-7-18(12-15)26(27)28/h5-14H,1-4H3. The molecule has 0 aliphatic carbocycles. The Hall–Kier alpha value is -2.42. The Kier molecular flexibility index (Phi) is 6.56. The molecule has 0 saturated carbocycles. The molecular formula is C20H22ClN5O2S. The molecule has 3 rings (SSSR count). The second-order valence-corrected chi connectivity index (χ2v) is 8.65. The summed E-state index contributed by atoms with van der Waals surface area (Å²) in [4.78, 5) is 12.8. The lowest BCUT2D eigenvalue weighted by molar-refractivity contribution is -0.384. The number of aromatic nitrogens is 3. The van der Waals surface area contributed by atoms with E-state index < -0.39 is 0 Å². The summed E-state index contributed by atoms with van der Waals surface area (Å²) in [6, 6.07) is 14.3. The maximum absolute atomic E-state index is 11.1. The maximum Gasteiger partial charge on any atom is 0.269 e. The van der Waals surface area contributed by atoms with Gasteiger partial charge in [-0.3, -0.25) is 19.6 Å². The molecule has 2 aromatic carbocycles. The second kappa shape index (κ2) is 8.94. The summed E-state index contributed by atoms with van der Waals surface area (Å²) in [5.74, 6) is 0.811. The molecule has 0 saturated heterocycles. The SMILES string of the molecule is CC(Sc1nnc(C(C)N(C)C)n1-c1ccc(Cl)cc1)c1cccc([N+](=O)[O-])c1. The number of hydrogen-bond donors (Lipinski definition) is 0. The summed E-state index contributed by atoms with van der Waals surface area (Å²) in [5.41, 5.74) is 1.85. The van der Waals surface area contributed by atoms with Crippen LogP contribution in [0, 0.1) is 10.1 Å². The van der Waals surface area contributed by atoms with E-state index in [4.69, 9.17) is 11.6 Å². The molecule has 0 fully saturated rings. The van der Waals surface area contributed by atoms with Crippen LogP contribution in [0.2, 0.25) is 5.02 Å². The molecule has 0 aliphatic heterocycles. The number of non-ortho nitro benzene ring substituents is 1. The van der Waals surface area contributed by atoms with Crippen LogP contribution in [0.1, 0.15) is 36.5 Å². The molecule has 0 aliphatic rings. The predicted octanol–water partition coefficient (Wildman–Crippen LogP) is 5.30. The first-order valence-corrected chi connectivity index (χ1v) is 10.3. The van der Waals surface area contributed by atoms with E-state index in [1.165, 1.54) is 17.8 Å². The summed E-state index contributed by atoms with van der Waals surface area (Å²) < 4.78 is 2.01. The van der Waals surface area contributed by atoms with Gasteiger partial charge in [-0.25, -0.2) is 0 Å². The topological polar surface area (TPSA) is 77.1 Å². The number of thioether (sulfide) groups is 1. The molecule has 2 unspecified atom stereocenters. The Morgan fingerprint density at radius 3 is 2.45 bits per heavy atom. The van der Waals surface area contributed by atoms with Crippen LogP contribution in [0.15, 0.2) is 53.7 Å². The molecule has 1 aromatic heterocycles. The van der Waals surface area contributed by atoms with Gasteiger partial charge in [0.15, 0.2) is 11.0 Å². The van der Waals surface area contributed by atoms with Crippen molar-refractivity contribution in [2.24, 2.45) is 0 Å². The number of nitrogens with zero attached hydrogens (tertiary/aromatic N) is 5. The molecule has 3 aromatic rings. The van der Waals surface area contributed by atoms with Crippen LogP contribution in [0.25, 0.3) is 5.69 Å². The minimum Gasteiger partial charge on any atom is -0.300 e. The van der Waals surface area contributed by atoms with Gasteiger partial charge < -0.3 is 0 Å². The van der Waals surface area contributed by atoms with Crippen LogP contribution in [-0.2, 0) is 0 Å². The van der Waals surface area contributed by atoms with Gasteiger partial charge in [0.1, 0.15) is 0 Å². The van der Waals surface area contributed by atoms with Gasteiger partial charge in [-0.15, -0.1) is 10.2 Å². The second-order valence-electron chi connectivity index (χ2n) is 6.90. The van der Waals surface area contributed by atoms with E-state index in [0.29, 0.717) is 5.02 Å². The van der Waals surface area contributed by atoms with Gasteiger partial charge in [-0.2, -0.15) is 0 Å². The minimum absolute atomic E-state index is 0.0423.